The van der Waals surface area contributed by atoms with Gasteiger partial charge in [-0.3, -0.25) is 10.1 Å². The number of anilines is 1. The molecule has 1 aromatic carbocycles. The Morgan fingerprint density at radius 2 is 2.04 bits per heavy atom. The fourth-order valence-corrected chi connectivity index (χ4v) is 1.98. The molecule has 0 aliphatic heterocycles. The molecule has 134 valence electrons. The summed E-state index contributed by atoms with van der Waals surface area (Å²) in [5, 5.41) is 33.6. The van der Waals surface area contributed by atoms with Crippen LogP contribution >= 0.6 is 0 Å². The quantitative estimate of drug-likeness (QED) is 0.348. The van der Waals surface area contributed by atoms with Crippen molar-refractivity contribution in [2.75, 3.05) is 12.3 Å². The maximum absolute atomic E-state index is 11.5. The molecular formula is C15H23N3O6. The predicted octanol–water partition coefficient (Wildman–Crippen LogP) is 1.49. The first-order valence-electron chi connectivity index (χ1n) is 7.38. The largest absolute Gasteiger partial charge is 0.444 e. The third kappa shape index (κ3) is 6.01. The van der Waals surface area contributed by atoms with Crippen LogP contribution < -0.4 is 11.1 Å². The number of nitrogens with zero attached hydrogens (tertiary/aromatic N) is 1. The van der Waals surface area contributed by atoms with Crippen LogP contribution in [-0.4, -0.2) is 39.5 Å². The summed E-state index contributed by atoms with van der Waals surface area (Å²) in [5.41, 5.74) is 4.74. The molecule has 0 heterocycles. The highest BCUT2D eigenvalue weighted by Gasteiger charge is 2.26. The number of hydrogen-bond acceptors (Lipinski definition) is 7. The second-order valence-corrected chi connectivity index (χ2v) is 6.30. The van der Waals surface area contributed by atoms with Crippen LogP contribution in [0.5, 0.6) is 0 Å². The van der Waals surface area contributed by atoms with E-state index in [1.165, 1.54) is 18.2 Å². The summed E-state index contributed by atoms with van der Waals surface area (Å²) in [6.45, 7) is 5.17. The smallest absolute Gasteiger partial charge is 0.407 e. The number of nitrogens with one attached hydrogen (secondary N) is 1. The zero-order valence-corrected chi connectivity index (χ0v) is 13.9. The number of nitro benzene ring substituents is 1. The number of nitro groups is 1. The lowest BCUT2D eigenvalue weighted by molar-refractivity contribution is -0.386. The van der Waals surface area contributed by atoms with Crippen LogP contribution in [0.2, 0.25) is 0 Å². The Morgan fingerprint density at radius 1 is 1.42 bits per heavy atom. The van der Waals surface area contributed by atoms with Crippen molar-refractivity contribution >= 4 is 17.5 Å². The molecule has 2 unspecified atom stereocenters. The zero-order valence-electron chi connectivity index (χ0n) is 13.9. The van der Waals surface area contributed by atoms with Crippen molar-refractivity contribution in [2.24, 2.45) is 0 Å². The van der Waals surface area contributed by atoms with E-state index < -0.39 is 28.8 Å². The van der Waals surface area contributed by atoms with Crippen LogP contribution in [-0.2, 0) is 4.74 Å². The van der Waals surface area contributed by atoms with Gasteiger partial charge in [0.2, 0.25) is 0 Å². The number of hydrogen-bond donors (Lipinski definition) is 4. The Kier molecular flexibility index (Phi) is 6.50. The number of benzene rings is 1. The van der Waals surface area contributed by atoms with Crippen molar-refractivity contribution < 1.29 is 24.7 Å². The van der Waals surface area contributed by atoms with Crippen molar-refractivity contribution in [2.45, 2.75) is 45.0 Å². The molecular weight excluding hydrogens is 318 g/mol. The van der Waals surface area contributed by atoms with Gasteiger partial charge in [-0.15, -0.1) is 0 Å². The molecule has 1 rings (SSSR count). The summed E-state index contributed by atoms with van der Waals surface area (Å²) in [6.07, 6.45) is -3.50. The number of carbonyl (C=O) groups excluding carboxylic acids is 1. The van der Waals surface area contributed by atoms with E-state index in [2.05, 4.69) is 5.32 Å². The molecule has 0 bridgehead atoms. The second kappa shape index (κ2) is 7.93. The maximum Gasteiger partial charge on any atom is 0.407 e. The lowest BCUT2D eigenvalue weighted by atomic mass is 10.00. The molecule has 0 aromatic heterocycles. The number of carbonyl (C=O) groups is 1. The summed E-state index contributed by atoms with van der Waals surface area (Å²) in [6, 6.07) is 3.75. The van der Waals surface area contributed by atoms with Gasteiger partial charge >= 0.3 is 6.09 Å². The number of ether oxygens (including phenoxy) is 1. The molecule has 0 saturated carbocycles. The van der Waals surface area contributed by atoms with Gasteiger partial charge in [0.25, 0.3) is 5.69 Å². The van der Waals surface area contributed by atoms with Crippen LogP contribution in [0.25, 0.3) is 0 Å². The molecule has 0 radical (unpaired) electrons. The van der Waals surface area contributed by atoms with Crippen molar-refractivity contribution in [3.05, 3.63) is 33.9 Å². The Morgan fingerprint density at radius 3 is 2.58 bits per heavy atom. The van der Waals surface area contributed by atoms with Gasteiger partial charge in [0.15, 0.2) is 0 Å². The van der Waals surface area contributed by atoms with Crippen LogP contribution in [0.3, 0.4) is 0 Å². The standard InChI is InChI=1S/C15H23N3O6/c1-15(2,3)24-14(21)17-7-6-12(19)13(20)10-8-9(16)4-5-11(10)18(22)23/h4-5,8,12-13,19-20H,6-7,16H2,1-3H3,(H,17,21). The van der Waals surface area contributed by atoms with Gasteiger partial charge in [0.05, 0.1) is 16.6 Å². The van der Waals surface area contributed by atoms with Crippen molar-refractivity contribution in [1.82, 2.24) is 5.32 Å². The number of rotatable bonds is 6. The lowest BCUT2D eigenvalue weighted by Crippen LogP contribution is -2.34. The van der Waals surface area contributed by atoms with E-state index in [0.717, 1.165) is 0 Å². The predicted molar refractivity (Wildman–Crippen MR) is 87.3 cm³/mol. The third-order valence-electron chi connectivity index (χ3n) is 3.04. The van der Waals surface area contributed by atoms with Crippen molar-refractivity contribution in [3.8, 4) is 0 Å². The van der Waals surface area contributed by atoms with Crippen molar-refractivity contribution in [3.63, 3.8) is 0 Å². The molecule has 9 heteroatoms. The average Bonchev–Trinajstić information content (AvgIpc) is 2.43. The van der Waals surface area contributed by atoms with Gasteiger partial charge < -0.3 is 26.0 Å². The fraction of sp³-hybridized carbons (Fsp3) is 0.533. The monoisotopic (exact) mass is 341 g/mol. The van der Waals surface area contributed by atoms with Gasteiger partial charge in [-0.25, -0.2) is 4.79 Å². The summed E-state index contributed by atoms with van der Waals surface area (Å²) in [5.74, 6) is 0. The summed E-state index contributed by atoms with van der Waals surface area (Å²) in [4.78, 5) is 21.8. The molecule has 0 aliphatic rings. The van der Waals surface area contributed by atoms with Gasteiger partial charge in [0.1, 0.15) is 11.7 Å². The molecule has 0 saturated heterocycles. The highest BCUT2D eigenvalue weighted by molar-refractivity contribution is 5.67. The van der Waals surface area contributed by atoms with Gasteiger partial charge in [-0.05, 0) is 39.3 Å². The van der Waals surface area contributed by atoms with E-state index in [1.807, 2.05) is 0 Å². The van der Waals surface area contributed by atoms with E-state index in [0.29, 0.717) is 0 Å². The van der Waals surface area contributed by atoms with Gasteiger partial charge in [-0.1, -0.05) is 0 Å². The number of nitrogens with two attached hydrogens (primary N) is 1. The summed E-state index contributed by atoms with van der Waals surface area (Å²) >= 11 is 0. The molecule has 0 fully saturated rings. The number of alkyl carbamates (subject to hydrolysis) is 1. The Labute approximate surface area is 139 Å². The Hall–Kier alpha value is -2.39. The second-order valence-electron chi connectivity index (χ2n) is 6.30. The maximum atomic E-state index is 11.5. The Bertz CT molecular complexity index is 599. The summed E-state index contributed by atoms with van der Waals surface area (Å²) in [7, 11) is 0. The minimum Gasteiger partial charge on any atom is -0.444 e. The van der Waals surface area contributed by atoms with E-state index in [4.69, 9.17) is 10.5 Å². The van der Waals surface area contributed by atoms with E-state index >= 15 is 0 Å². The zero-order chi connectivity index (χ0) is 18.5. The molecule has 0 aliphatic carbocycles. The average molecular weight is 341 g/mol. The lowest BCUT2D eigenvalue weighted by Gasteiger charge is -2.21. The minimum absolute atomic E-state index is 0.0215. The van der Waals surface area contributed by atoms with E-state index in [-0.39, 0.29) is 29.9 Å². The van der Waals surface area contributed by atoms with Crippen LogP contribution in [0.15, 0.2) is 18.2 Å². The molecule has 9 nitrogen and oxygen atoms in total. The third-order valence-corrected chi connectivity index (χ3v) is 3.04. The highest BCUT2D eigenvalue weighted by atomic mass is 16.6. The van der Waals surface area contributed by atoms with Crippen LogP contribution in [0.4, 0.5) is 16.2 Å². The minimum atomic E-state index is -1.51. The van der Waals surface area contributed by atoms with Gasteiger partial charge in [-0.2, -0.15) is 0 Å². The molecule has 24 heavy (non-hydrogen) atoms. The molecule has 5 N–H and O–H groups in total. The topological polar surface area (TPSA) is 148 Å². The number of nitrogen functional groups attached to an aromatic ring is 1. The summed E-state index contributed by atoms with van der Waals surface area (Å²) < 4.78 is 5.03. The SMILES string of the molecule is CC(C)(C)OC(=O)NCCC(O)C(O)c1cc(N)ccc1[N+](=O)[O-]. The first-order chi connectivity index (χ1) is 11.0. The Balaban J connectivity index is 2.66. The number of amides is 1. The molecule has 0 spiro atoms. The van der Waals surface area contributed by atoms with Crippen LogP contribution in [0, 0.1) is 10.1 Å². The number of aliphatic hydroxyl groups excluding tert-OH is 2. The molecule has 2 atom stereocenters. The van der Waals surface area contributed by atoms with E-state index in [9.17, 15) is 25.1 Å². The first-order valence-corrected chi connectivity index (χ1v) is 7.38. The highest BCUT2D eigenvalue weighted by Crippen LogP contribution is 2.30. The normalized spacial score (nSPS) is 13.9. The van der Waals surface area contributed by atoms with E-state index in [1.54, 1.807) is 20.8 Å². The first kappa shape index (κ1) is 19.7. The van der Waals surface area contributed by atoms with Crippen molar-refractivity contribution in [1.29, 1.82) is 0 Å². The fourth-order valence-electron chi connectivity index (χ4n) is 1.98. The molecule has 1 amide bonds. The van der Waals surface area contributed by atoms with Gasteiger partial charge in [0, 0.05) is 18.3 Å². The molecule has 1 aromatic rings. The number of aliphatic hydroxyl groups is 2. The van der Waals surface area contributed by atoms with Crippen LogP contribution in [0.1, 0.15) is 38.9 Å².